The monoisotopic (exact) mass is 220 g/mol. The maximum atomic E-state index is 9.76. The van der Waals surface area contributed by atoms with Crippen molar-refractivity contribution in [2.45, 2.75) is 11.0 Å². The Bertz CT molecular complexity index is 383. The van der Waals surface area contributed by atoms with E-state index in [4.69, 9.17) is 4.42 Å². The van der Waals surface area contributed by atoms with Gasteiger partial charge in [0.1, 0.15) is 11.9 Å². The minimum absolute atomic E-state index is 0.537. The average molecular weight is 220 g/mol. The molecule has 0 radical (unpaired) electrons. The molecule has 0 fully saturated rings. The second kappa shape index (κ2) is 5.05. The van der Waals surface area contributed by atoms with Crippen LogP contribution in [0.3, 0.4) is 0 Å². The van der Waals surface area contributed by atoms with Crippen LogP contribution in [0.1, 0.15) is 11.9 Å². The Morgan fingerprint density at radius 3 is 2.60 bits per heavy atom. The van der Waals surface area contributed by atoms with Crippen molar-refractivity contribution in [2.75, 3.05) is 5.75 Å². The predicted molar refractivity (Wildman–Crippen MR) is 60.8 cm³/mol. The lowest BCUT2D eigenvalue weighted by atomic mass is 10.3. The lowest BCUT2D eigenvalue weighted by Crippen LogP contribution is -1.98. The van der Waals surface area contributed by atoms with Gasteiger partial charge in [-0.15, -0.1) is 11.8 Å². The van der Waals surface area contributed by atoms with Gasteiger partial charge in [-0.1, -0.05) is 18.2 Å². The number of hydrogen-bond acceptors (Lipinski definition) is 3. The van der Waals surface area contributed by atoms with E-state index in [1.807, 2.05) is 30.3 Å². The molecule has 0 aliphatic heterocycles. The van der Waals surface area contributed by atoms with Crippen LogP contribution < -0.4 is 0 Å². The summed E-state index contributed by atoms with van der Waals surface area (Å²) in [5, 5.41) is 9.76. The van der Waals surface area contributed by atoms with Gasteiger partial charge in [-0.2, -0.15) is 0 Å². The van der Waals surface area contributed by atoms with Crippen molar-refractivity contribution in [3.8, 4) is 0 Å². The molecule has 2 aromatic rings. The summed E-state index contributed by atoms with van der Waals surface area (Å²) >= 11 is 1.62. The molecule has 0 saturated heterocycles. The van der Waals surface area contributed by atoms with E-state index < -0.39 is 6.10 Å². The molecule has 0 saturated carbocycles. The van der Waals surface area contributed by atoms with E-state index in [2.05, 4.69) is 0 Å². The molecule has 1 unspecified atom stereocenters. The van der Waals surface area contributed by atoms with Crippen molar-refractivity contribution < 1.29 is 9.52 Å². The zero-order valence-electron chi connectivity index (χ0n) is 8.17. The van der Waals surface area contributed by atoms with E-state index in [9.17, 15) is 5.11 Å². The minimum atomic E-state index is -0.537. The number of benzene rings is 1. The Labute approximate surface area is 92.9 Å². The first-order chi connectivity index (χ1) is 7.36. The summed E-state index contributed by atoms with van der Waals surface area (Å²) in [4.78, 5) is 1.16. The lowest BCUT2D eigenvalue weighted by Gasteiger charge is -2.06. The first-order valence-corrected chi connectivity index (χ1v) is 5.74. The molecule has 0 amide bonds. The van der Waals surface area contributed by atoms with Crippen LogP contribution in [0.25, 0.3) is 0 Å². The molecule has 0 bridgehead atoms. The van der Waals surface area contributed by atoms with Crippen molar-refractivity contribution in [3.63, 3.8) is 0 Å². The third-order valence-electron chi connectivity index (χ3n) is 2.02. The zero-order chi connectivity index (χ0) is 10.5. The fourth-order valence-corrected chi connectivity index (χ4v) is 2.12. The van der Waals surface area contributed by atoms with Crippen LogP contribution in [0.15, 0.2) is 58.0 Å². The lowest BCUT2D eigenvalue weighted by molar-refractivity contribution is 0.174. The summed E-state index contributed by atoms with van der Waals surface area (Å²) in [7, 11) is 0. The number of hydrogen-bond donors (Lipinski definition) is 1. The normalized spacial score (nSPS) is 12.6. The molecule has 1 heterocycles. The highest BCUT2D eigenvalue weighted by Gasteiger charge is 2.10. The molecule has 2 rings (SSSR count). The van der Waals surface area contributed by atoms with Gasteiger partial charge in [-0.25, -0.2) is 0 Å². The Kier molecular flexibility index (Phi) is 3.48. The first kappa shape index (κ1) is 10.3. The largest absolute Gasteiger partial charge is 0.467 e. The zero-order valence-corrected chi connectivity index (χ0v) is 8.98. The minimum Gasteiger partial charge on any atom is -0.467 e. The van der Waals surface area contributed by atoms with Crippen LogP contribution in [-0.2, 0) is 0 Å². The van der Waals surface area contributed by atoms with Gasteiger partial charge in [0, 0.05) is 10.6 Å². The number of rotatable bonds is 4. The summed E-state index contributed by atoms with van der Waals surface area (Å²) < 4.78 is 5.12. The Hall–Kier alpha value is -1.19. The van der Waals surface area contributed by atoms with Crippen molar-refractivity contribution >= 4 is 11.8 Å². The molecule has 3 heteroatoms. The highest BCUT2D eigenvalue weighted by molar-refractivity contribution is 7.99. The molecular weight excluding hydrogens is 208 g/mol. The molecule has 78 valence electrons. The van der Waals surface area contributed by atoms with Gasteiger partial charge in [0.25, 0.3) is 0 Å². The van der Waals surface area contributed by atoms with Crippen LogP contribution in [0.4, 0.5) is 0 Å². The van der Waals surface area contributed by atoms with Gasteiger partial charge in [-0.3, -0.25) is 0 Å². The summed E-state index contributed by atoms with van der Waals surface area (Å²) in [5.41, 5.74) is 0. The van der Waals surface area contributed by atoms with Gasteiger partial charge in [0.2, 0.25) is 0 Å². The third-order valence-corrected chi connectivity index (χ3v) is 3.11. The highest BCUT2D eigenvalue weighted by atomic mass is 32.2. The van der Waals surface area contributed by atoms with Gasteiger partial charge in [0.15, 0.2) is 0 Å². The van der Waals surface area contributed by atoms with Crippen molar-refractivity contribution in [3.05, 3.63) is 54.5 Å². The molecule has 1 N–H and O–H groups in total. The van der Waals surface area contributed by atoms with E-state index in [0.717, 1.165) is 4.90 Å². The molecule has 1 aromatic carbocycles. The number of aliphatic hydroxyl groups is 1. The van der Waals surface area contributed by atoms with E-state index in [0.29, 0.717) is 11.5 Å². The van der Waals surface area contributed by atoms with Crippen LogP contribution in [-0.4, -0.2) is 10.9 Å². The topological polar surface area (TPSA) is 33.4 Å². The molecule has 1 aromatic heterocycles. The number of thioether (sulfide) groups is 1. The van der Waals surface area contributed by atoms with Crippen LogP contribution >= 0.6 is 11.8 Å². The quantitative estimate of drug-likeness (QED) is 0.804. The fraction of sp³-hybridized carbons (Fsp3) is 0.167. The van der Waals surface area contributed by atoms with Crippen LogP contribution in [0.5, 0.6) is 0 Å². The molecule has 1 atom stereocenters. The maximum Gasteiger partial charge on any atom is 0.133 e. The van der Waals surface area contributed by atoms with E-state index in [-0.39, 0.29) is 0 Å². The molecule has 15 heavy (non-hydrogen) atoms. The Balaban J connectivity index is 1.89. The highest BCUT2D eigenvalue weighted by Crippen LogP contribution is 2.24. The first-order valence-electron chi connectivity index (χ1n) is 4.75. The Morgan fingerprint density at radius 2 is 1.93 bits per heavy atom. The summed E-state index contributed by atoms with van der Waals surface area (Å²) in [5.74, 6) is 1.23. The van der Waals surface area contributed by atoms with Gasteiger partial charge >= 0.3 is 0 Å². The van der Waals surface area contributed by atoms with E-state index in [1.165, 1.54) is 0 Å². The van der Waals surface area contributed by atoms with E-state index >= 15 is 0 Å². The second-order valence-electron chi connectivity index (χ2n) is 3.16. The van der Waals surface area contributed by atoms with Gasteiger partial charge in [-0.05, 0) is 24.3 Å². The molecule has 0 aliphatic carbocycles. The fourth-order valence-electron chi connectivity index (χ4n) is 1.25. The van der Waals surface area contributed by atoms with Gasteiger partial charge < -0.3 is 9.52 Å². The number of aliphatic hydroxyl groups excluding tert-OH is 1. The van der Waals surface area contributed by atoms with Crippen LogP contribution in [0, 0.1) is 0 Å². The number of furan rings is 1. The second-order valence-corrected chi connectivity index (χ2v) is 4.25. The van der Waals surface area contributed by atoms with Crippen LogP contribution in [0.2, 0.25) is 0 Å². The summed E-state index contributed by atoms with van der Waals surface area (Å²) in [6.07, 6.45) is 1.04. The smallest absolute Gasteiger partial charge is 0.133 e. The SMILES string of the molecule is OC(CSc1ccccc1)c1ccco1. The molecule has 0 spiro atoms. The van der Waals surface area contributed by atoms with E-state index in [1.54, 1.807) is 30.2 Å². The standard InChI is InChI=1S/C12H12O2S/c13-11(12-7-4-8-14-12)9-15-10-5-2-1-3-6-10/h1-8,11,13H,9H2. The summed E-state index contributed by atoms with van der Waals surface area (Å²) in [6.45, 7) is 0. The molecule has 2 nitrogen and oxygen atoms in total. The maximum absolute atomic E-state index is 9.76. The summed E-state index contributed by atoms with van der Waals surface area (Å²) in [6, 6.07) is 13.6. The van der Waals surface area contributed by atoms with Gasteiger partial charge in [0.05, 0.1) is 6.26 Å². The third kappa shape index (κ3) is 2.88. The molecule has 0 aliphatic rings. The predicted octanol–water partition coefficient (Wildman–Crippen LogP) is 3.11. The molecular formula is C12H12O2S. The van der Waals surface area contributed by atoms with Crippen molar-refractivity contribution in [1.82, 2.24) is 0 Å². The average Bonchev–Trinajstić information content (AvgIpc) is 2.81. The van der Waals surface area contributed by atoms with Crippen molar-refractivity contribution in [2.24, 2.45) is 0 Å². The van der Waals surface area contributed by atoms with Crippen molar-refractivity contribution in [1.29, 1.82) is 0 Å². The Morgan fingerprint density at radius 1 is 1.13 bits per heavy atom.